The minimum absolute atomic E-state index is 0. The highest BCUT2D eigenvalue weighted by molar-refractivity contribution is 14.0. The molecular weight excluding hydrogens is 469 g/mol. The fourth-order valence-electron chi connectivity index (χ4n) is 3.14. The number of halogens is 1. The van der Waals surface area contributed by atoms with Crippen molar-refractivity contribution in [1.29, 1.82) is 0 Å². The van der Waals surface area contributed by atoms with E-state index in [0.717, 1.165) is 58.3 Å². The first kappa shape index (κ1) is 22.1. The summed E-state index contributed by atoms with van der Waals surface area (Å²) in [7, 11) is 1.82. The van der Waals surface area contributed by atoms with Crippen LogP contribution in [0.25, 0.3) is 0 Å². The first-order valence-corrected chi connectivity index (χ1v) is 10.2. The number of nitrogens with zero attached hydrogens (tertiary/aromatic N) is 3. The van der Waals surface area contributed by atoms with Gasteiger partial charge in [0, 0.05) is 59.4 Å². The molecule has 0 saturated carbocycles. The summed E-state index contributed by atoms with van der Waals surface area (Å²) in [5.74, 6) is 0.874. The Balaban J connectivity index is 0.00000261. The summed E-state index contributed by atoms with van der Waals surface area (Å²) in [5, 5.41) is 11.0. The Morgan fingerprint density at radius 2 is 1.74 bits per heavy atom. The van der Waals surface area contributed by atoms with Gasteiger partial charge in [-0.2, -0.15) is 11.3 Å². The number of hydrogen-bond acceptors (Lipinski definition) is 4. The second-order valence-electron chi connectivity index (χ2n) is 6.59. The Morgan fingerprint density at radius 1 is 1.00 bits per heavy atom. The lowest BCUT2D eigenvalue weighted by Gasteiger charge is -2.34. The number of aliphatic imine (C=N–C) groups is 1. The summed E-state index contributed by atoms with van der Waals surface area (Å²) >= 11 is 1.73. The monoisotopic (exact) mass is 499 g/mol. The normalized spacial score (nSPS) is 16.0. The SMILES string of the molecule is CN=C(NCCN1CCN(Cc2ccccc2)CC1)NCc1ccsc1.I. The molecule has 5 nitrogen and oxygen atoms in total. The third-order valence-electron chi connectivity index (χ3n) is 4.70. The summed E-state index contributed by atoms with van der Waals surface area (Å²) in [6.07, 6.45) is 0. The van der Waals surface area contributed by atoms with Crippen molar-refractivity contribution in [3.63, 3.8) is 0 Å². The molecule has 3 rings (SSSR count). The van der Waals surface area contributed by atoms with Crippen LogP contribution in [0, 0.1) is 0 Å². The zero-order valence-electron chi connectivity index (χ0n) is 15.9. The van der Waals surface area contributed by atoms with Crippen molar-refractivity contribution in [3.8, 4) is 0 Å². The quantitative estimate of drug-likeness (QED) is 0.350. The van der Waals surface area contributed by atoms with Crippen molar-refractivity contribution in [2.45, 2.75) is 13.1 Å². The lowest BCUT2D eigenvalue weighted by Crippen LogP contribution is -2.48. The third-order valence-corrected chi connectivity index (χ3v) is 5.43. The van der Waals surface area contributed by atoms with Gasteiger partial charge in [0.1, 0.15) is 0 Å². The van der Waals surface area contributed by atoms with Gasteiger partial charge in [-0.05, 0) is 28.0 Å². The molecule has 2 aromatic rings. The molecular formula is C20H30IN5S. The first-order chi connectivity index (χ1) is 12.8. The number of nitrogens with one attached hydrogen (secondary N) is 2. The molecule has 0 amide bonds. The molecule has 0 aliphatic carbocycles. The molecule has 0 radical (unpaired) electrons. The van der Waals surface area contributed by atoms with Crippen molar-refractivity contribution in [1.82, 2.24) is 20.4 Å². The second-order valence-corrected chi connectivity index (χ2v) is 7.37. The molecule has 27 heavy (non-hydrogen) atoms. The Kier molecular flexibility index (Phi) is 10.1. The minimum atomic E-state index is 0. The van der Waals surface area contributed by atoms with Crippen LogP contribution in [0.2, 0.25) is 0 Å². The van der Waals surface area contributed by atoms with Gasteiger partial charge in [-0.1, -0.05) is 30.3 Å². The molecule has 1 aliphatic rings. The molecule has 1 aliphatic heterocycles. The molecule has 2 heterocycles. The van der Waals surface area contributed by atoms with Gasteiger partial charge in [-0.3, -0.25) is 14.8 Å². The molecule has 0 atom stereocenters. The Labute approximate surface area is 183 Å². The summed E-state index contributed by atoms with van der Waals surface area (Å²) in [4.78, 5) is 9.37. The Bertz CT molecular complexity index is 654. The molecule has 0 unspecified atom stereocenters. The van der Waals surface area contributed by atoms with E-state index >= 15 is 0 Å². The van der Waals surface area contributed by atoms with Gasteiger partial charge in [0.15, 0.2) is 5.96 Å². The second kappa shape index (κ2) is 12.3. The van der Waals surface area contributed by atoms with Gasteiger partial charge in [0.2, 0.25) is 0 Å². The van der Waals surface area contributed by atoms with E-state index in [1.165, 1.54) is 11.1 Å². The van der Waals surface area contributed by atoms with Gasteiger partial charge in [0.25, 0.3) is 0 Å². The van der Waals surface area contributed by atoms with E-state index in [0.29, 0.717) is 0 Å². The van der Waals surface area contributed by atoms with E-state index in [9.17, 15) is 0 Å². The van der Waals surface area contributed by atoms with Gasteiger partial charge >= 0.3 is 0 Å². The number of hydrogen-bond donors (Lipinski definition) is 2. The van der Waals surface area contributed by atoms with Crippen LogP contribution in [0.4, 0.5) is 0 Å². The van der Waals surface area contributed by atoms with Crippen LogP contribution >= 0.6 is 35.3 Å². The zero-order chi connectivity index (χ0) is 18.0. The van der Waals surface area contributed by atoms with Gasteiger partial charge in [0.05, 0.1) is 0 Å². The van der Waals surface area contributed by atoms with Gasteiger partial charge in [-0.15, -0.1) is 24.0 Å². The highest BCUT2D eigenvalue weighted by atomic mass is 127. The lowest BCUT2D eigenvalue weighted by atomic mass is 10.2. The van der Waals surface area contributed by atoms with E-state index in [1.54, 1.807) is 11.3 Å². The Hall–Kier alpha value is -1.16. The molecule has 1 aromatic heterocycles. The standard InChI is InChI=1S/C20H29N5S.HI/c1-21-20(23-15-19-7-14-26-17-19)22-8-9-24-10-12-25(13-11-24)16-18-5-3-2-4-6-18;/h2-7,14,17H,8-13,15-16H2,1H3,(H2,21,22,23);1H. The molecule has 0 spiro atoms. The highest BCUT2D eigenvalue weighted by Crippen LogP contribution is 2.08. The maximum absolute atomic E-state index is 4.30. The fourth-order valence-corrected chi connectivity index (χ4v) is 3.81. The summed E-state index contributed by atoms with van der Waals surface area (Å²) < 4.78 is 0. The van der Waals surface area contributed by atoms with E-state index < -0.39 is 0 Å². The predicted octanol–water partition coefficient (Wildman–Crippen LogP) is 2.85. The lowest BCUT2D eigenvalue weighted by molar-refractivity contribution is 0.129. The minimum Gasteiger partial charge on any atom is -0.355 e. The maximum atomic E-state index is 4.30. The average molecular weight is 499 g/mol. The number of rotatable bonds is 7. The van der Waals surface area contributed by atoms with E-state index in [2.05, 4.69) is 72.6 Å². The number of benzene rings is 1. The maximum Gasteiger partial charge on any atom is 0.191 e. The zero-order valence-corrected chi connectivity index (χ0v) is 19.1. The predicted molar refractivity (Wildman–Crippen MR) is 126 cm³/mol. The summed E-state index contributed by atoms with van der Waals surface area (Å²) in [5.41, 5.74) is 2.70. The number of piperazine rings is 1. The topological polar surface area (TPSA) is 42.9 Å². The van der Waals surface area contributed by atoms with E-state index in [1.807, 2.05) is 7.05 Å². The largest absolute Gasteiger partial charge is 0.355 e. The van der Waals surface area contributed by atoms with Crippen molar-refractivity contribution in [3.05, 3.63) is 58.3 Å². The molecule has 148 valence electrons. The van der Waals surface area contributed by atoms with Crippen molar-refractivity contribution in [2.24, 2.45) is 4.99 Å². The first-order valence-electron chi connectivity index (χ1n) is 9.28. The molecule has 7 heteroatoms. The molecule has 0 bridgehead atoms. The molecule has 1 saturated heterocycles. The average Bonchev–Trinajstić information content (AvgIpc) is 3.20. The smallest absolute Gasteiger partial charge is 0.191 e. The van der Waals surface area contributed by atoms with Crippen LogP contribution in [-0.2, 0) is 13.1 Å². The fraction of sp³-hybridized carbons (Fsp3) is 0.450. The molecule has 2 N–H and O–H groups in total. The summed E-state index contributed by atoms with van der Waals surface area (Å²) in [6.45, 7) is 8.40. The van der Waals surface area contributed by atoms with Crippen LogP contribution in [0.5, 0.6) is 0 Å². The van der Waals surface area contributed by atoms with Gasteiger partial charge < -0.3 is 10.6 Å². The van der Waals surface area contributed by atoms with E-state index in [-0.39, 0.29) is 24.0 Å². The van der Waals surface area contributed by atoms with Crippen LogP contribution in [0.15, 0.2) is 52.2 Å². The summed E-state index contributed by atoms with van der Waals surface area (Å²) in [6, 6.07) is 12.9. The molecule has 1 aromatic carbocycles. The van der Waals surface area contributed by atoms with Crippen molar-refractivity contribution in [2.75, 3.05) is 46.3 Å². The van der Waals surface area contributed by atoms with Crippen LogP contribution in [0.1, 0.15) is 11.1 Å². The highest BCUT2D eigenvalue weighted by Gasteiger charge is 2.16. The van der Waals surface area contributed by atoms with E-state index in [4.69, 9.17) is 0 Å². The van der Waals surface area contributed by atoms with Crippen LogP contribution in [-0.4, -0.2) is 62.1 Å². The van der Waals surface area contributed by atoms with Crippen molar-refractivity contribution < 1.29 is 0 Å². The van der Waals surface area contributed by atoms with Crippen LogP contribution in [0.3, 0.4) is 0 Å². The van der Waals surface area contributed by atoms with Crippen LogP contribution < -0.4 is 10.6 Å². The Morgan fingerprint density at radius 3 is 2.41 bits per heavy atom. The van der Waals surface area contributed by atoms with Crippen molar-refractivity contribution >= 4 is 41.3 Å². The number of guanidine groups is 1. The number of thiophene rings is 1. The molecule has 1 fully saturated rings. The third kappa shape index (κ3) is 7.77. The van der Waals surface area contributed by atoms with Gasteiger partial charge in [-0.25, -0.2) is 0 Å².